The first kappa shape index (κ1) is 17.5. The van der Waals surface area contributed by atoms with Crippen molar-refractivity contribution in [3.63, 3.8) is 0 Å². The number of ether oxygens (including phenoxy) is 2. The highest BCUT2D eigenvalue weighted by Crippen LogP contribution is 2.61. The second-order valence-electron chi connectivity index (χ2n) is 8.68. The van der Waals surface area contributed by atoms with E-state index in [0.29, 0.717) is 22.2 Å². The Morgan fingerprint density at radius 1 is 1.08 bits per heavy atom. The van der Waals surface area contributed by atoms with E-state index in [4.69, 9.17) is 21.1 Å². The Morgan fingerprint density at radius 3 is 2.20 bits per heavy atom. The van der Waals surface area contributed by atoms with E-state index in [9.17, 15) is 0 Å². The van der Waals surface area contributed by atoms with Gasteiger partial charge in [0.1, 0.15) is 0 Å². The van der Waals surface area contributed by atoms with Crippen LogP contribution in [0.2, 0.25) is 5.02 Å². The van der Waals surface area contributed by atoms with Gasteiger partial charge in [0.25, 0.3) is 0 Å². The Morgan fingerprint density at radius 2 is 1.68 bits per heavy atom. The first-order chi connectivity index (χ1) is 12.0. The molecule has 1 aromatic rings. The highest BCUT2D eigenvalue weighted by Gasteiger charge is 2.52. The minimum Gasteiger partial charge on any atom is -0.493 e. The number of methoxy groups -OCH3 is 2. The van der Waals surface area contributed by atoms with Crippen LogP contribution < -0.4 is 14.8 Å². The van der Waals surface area contributed by atoms with Crippen LogP contribution in [0.3, 0.4) is 0 Å². The van der Waals surface area contributed by atoms with Crippen molar-refractivity contribution in [3.05, 3.63) is 22.7 Å². The van der Waals surface area contributed by atoms with E-state index in [2.05, 4.69) is 12.2 Å². The number of halogens is 1. The van der Waals surface area contributed by atoms with Crippen molar-refractivity contribution < 1.29 is 9.47 Å². The lowest BCUT2D eigenvalue weighted by Crippen LogP contribution is -2.54. The van der Waals surface area contributed by atoms with Crippen LogP contribution in [-0.2, 0) is 6.54 Å². The number of hydrogen-bond acceptors (Lipinski definition) is 3. The molecule has 1 atom stereocenters. The fraction of sp³-hybridized carbons (Fsp3) is 0.714. The highest BCUT2D eigenvalue weighted by atomic mass is 35.5. The summed E-state index contributed by atoms with van der Waals surface area (Å²) in [7, 11) is 3.35. The maximum Gasteiger partial charge on any atom is 0.165 e. The summed E-state index contributed by atoms with van der Waals surface area (Å²) in [5.41, 5.74) is 1.58. The van der Waals surface area contributed by atoms with Crippen molar-refractivity contribution in [1.82, 2.24) is 5.32 Å². The fourth-order valence-corrected chi connectivity index (χ4v) is 6.56. The quantitative estimate of drug-likeness (QED) is 0.767. The molecule has 0 spiro atoms. The molecule has 3 nitrogen and oxygen atoms in total. The summed E-state index contributed by atoms with van der Waals surface area (Å²) >= 11 is 6.27. The van der Waals surface area contributed by atoms with Crippen LogP contribution in [0.25, 0.3) is 0 Å². The molecule has 138 valence electrons. The molecule has 0 aromatic heterocycles. The smallest absolute Gasteiger partial charge is 0.165 e. The minimum atomic E-state index is 0.505. The van der Waals surface area contributed by atoms with Crippen molar-refractivity contribution in [2.45, 2.75) is 58.0 Å². The van der Waals surface area contributed by atoms with Gasteiger partial charge in [-0.3, -0.25) is 0 Å². The summed E-state index contributed by atoms with van der Waals surface area (Å²) < 4.78 is 11.0. The molecule has 0 amide bonds. The molecule has 0 heterocycles. The monoisotopic (exact) mass is 363 g/mol. The van der Waals surface area contributed by atoms with E-state index in [-0.39, 0.29) is 0 Å². The Hall–Kier alpha value is -0.930. The standard InChI is InChI=1S/C21H30ClNO2/c1-13(21-9-14-4-15(10-21)6-16(5-14)11-21)23-12-17-7-18(22)8-19(24-2)20(17)25-3/h7-8,13-16,23H,4-6,9-12H2,1-3H3. The van der Waals surface area contributed by atoms with Gasteiger partial charge in [-0.2, -0.15) is 0 Å². The van der Waals surface area contributed by atoms with E-state index in [1.807, 2.05) is 12.1 Å². The van der Waals surface area contributed by atoms with Crippen LogP contribution in [0.15, 0.2) is 12.1 Å². The van der Waals surface area contributed by atoms with Crippen molar-refractivity contribution in [2.75, 3.05) is 14.2 Å². The van der Waals surface area contributed by atoms with Crippen LogP contribution in [0.4, 0.5) is 0 Å². The zero-order valence-electron chi connectivity index (χ0n) is 15.6. The lowest BCUT2D eigenvalue weighted by atomic mass is 9.48. The van der Waals surface area contributed by atoms with Crippen LogP contribution >= 0.6 is 11.6 Å². The molecule has 0 aliphatic heterocycles. The summed E-state index contributed by atoms with van der Waals surface area (Å²) in [6.07, 6.45) is 8.73. The number of nitrogens with one attached hydrogen (secondary N) is 1. The van der Waals surface area contributed by atoms with Gasteiger partial charge in [0.15, 0.2) is 11.5 Å². The van der Waals surface area contributed by atoms with Gasteiger partial charge in [0.05, 0.1) is 14.2 Å². The Labute approximate surface area is 156 Å². The normalized spacial score (nSPS) is 34.2. The molecular weight excluding hydrogens is 334 g/mol. The third-order valence-electron chi connectivity index (χ3n) is 7.12. The van der Waals surface area contributed by atoms with Gasteiger partial charge in [-0.05, 0) is 74.7 Å². The van der Waals surface area contributed by atoms with Crippen LogP contribution in [0.1, 0.15) is 51.0 Å². The molecule has 4 fully saturated rings. The SMILES string of the molecule is COc1cc(Cl)cc(CNC(C)C23CC4CC(CC(C4)C2)C3)c1OC. The largest absolute Gasteiger partial charge is 0.493 e. The van der Waals surface area contributed by atoms with Gasteiger partial charge in [-0.1, -0.05) is 11.6 Å². The molecule has 0 saturated heterocycles. The van der Waals surface area contributed by atoms with Gasteiger partial charge in [-0.15, -0.1) is 0 Å². The number of rotatable bonds is 6. The van der Waals surface area contributed by atoms with Gasteiger partial charge in [0, 0.05) is 29.2 Å². The first-order valence-electron chi connectivity index (χ1n) is 9.67. The molecule has 4 aliphatic rings. The van der Waals surface area contributed by atoms with Crippen LogP contribution in [0, 0.1) is 23.2 Å². The maximum atomic E-state index is 6.27. The molecule has 5 rings (SSSR count). The molecule has 1 N–H and O–H groups in total. The lowest BCUT2D eigenvalue weighted by molar-refractivity contribution is -0.0706. The van der Waals surface area contributed by atoms with Crippen LogP contribution in [0.5, 0.6) is 11.5 Å². The van der Waals surface area contributed by atoms with Crippen molar-refractivity contribution >= 4 is 11.6 Å². The lowest BCUT2D eigenvalue weighted by Gasteiger charge is -2.59. The molecule has 1 aromatic carbocycles. The van der Waals surface area contributed by atoms with Gasteiger partial charge < -0.3 is 14.8 Å². The Bertz CT molecular complexity index is 610. The predicted octanol–water partition coefficient (Wildman–Crippen LogP) is 5.05. The second kappa shape index (κ2) is 6.66. The van der Waals surface area contributed by atoms with Gasteiger partial charge in [-0.25, -0.2) is 0 Å². The molecule has 0 radical (unpaired) electrons. The predicted molar refractivity (Wildman–Crippen MR) is 101 cm³/mol. The summed E-state index contributed by atoms with van der Waals surface area (Å²) in [6, 6.07) is 4.32. The summed E-state index contributed by atoms with van der Waals surface area (Å²) in [5.74, 6) is 4.44. The Kier molecular flexibility index (Phi) is 4.66. The number of benzene rings is 1. The summed E-state index contributed by atoms with van der Waals surface area (Å²) in [6.45, 7) is 3.16. The minimum absolute atomic E-state index is 0.505. The van der Waals surface area contributed by atoms with E-state index in [1.54, 1.807) is 14.2 Å². The molecule has 4 bridgehead atoms. The summed E-state index contributed by atoms with van der Waals surface area (Å²) in [4.78, 5) is 0. The fourth-order valence-electron chi connectivity index (χ4n) is 6.32. The highest BCUT2D eigenvalue weighted by molar-refractivity contribution is 6.30. The van der Waals surface area contributed by atoms with Crippen molar-refractivity contribution in [3.8, 4) is 11.5 Å². The van der Waals surface area contributed by atoms with Crippen molar-refractivity contribution in [2.24, 2.45) is 23.2 Å². The molecular formula is C21H30ClNO2. The van der Waals surface area contributed by atoms with Gasteiger partial charge in [0.2, 0.25) is 0 Å². The zero-order chi connectivity index (χ0) is 17.6. The van der Waals surface area contributed by atoms with E-state index in [0.717, 1.165) is 35.6 Å². The van der Waals surface area contributed by atoms with E-state index in [1.165, 1.54) is 38.5 Å². The molecule has 25 heavy (non-hydrogen) atoms. The molecule has 4 heteroatoms. The Balaban J connectivity index is 1.49. The average molecular weight is 364 g/mol. The van der Waals surface area contributed by atoms with Crippen LogP contribution in [-0.4, -0.2) is 20.3 Å². The second-order valence-corrected chi connectivity index (χ2v) is 9.12. The first-order valence-corrected chi connectivity index (χ1v) is 10.0. The molecule has 1 unspecified atom stereocenters. The maximum absolute atomic E-state index is 6.27. The van der Waals surface area contributed by atoms with E-state index >= 15 is 0 Å². The number of hydrogen-bond donors (Lipinski definition) is 1. The third-order valence-corrected chi connectivity index (χ3v) is 7.34. The summed E-state index contributed by atoms with van der Waals surface area (Å²) in [5, 5.41) is 4.51. The average Bonchev–Trinajstić information content (AvgIpc) is 2.57. The molecule has 4 saturated carbocycles. The van der Waals surface area contributed by atoms with Crippen molar-refractivity contribution in [1.29, 1.82) is 0 Å². The molecule has 4 aliphatic carbocycles. The topological polar surface area (TPSA) is 30.5 Å². The third kappa shape index (κ3) is 3.14. The van der Waals surface area contributed by atoms with Gasteiger partial charge >= 0.3 is 0 Å². The van der Waals surface area contributed by atoms with E-state index < -0.39 is 0 Å². The zero-order valence-corrected chi connectivity index (χ0v) is 16.4.